The number of amides is 1. The van der Waals surface area contributed by atoms with Crippen LogP contribution in [0.5, 0.6) is 0 Å². The molecule has 1 aliphatic heterocycles. The van der Waals surface area contributed by atoms with Crippen molar-refractivity contribution >= 4 is 22.4 Å². The number of ether oxygens (including phenoxy) is 1. The van der Waals surface area contributed by atoms with Gasteiger partial charge in [0.2, 0.25) is 5.91 Å². The quantitative estimate of drug-likeness (QED) is 0.851. The van der Waals surface area contributed by atoms with E-state index in [1.165, 1.54) is 0 Å². The fraction of sp³-hybridized carbons (Fsp3) is 0.550. The molecule has 1 amide bonds. The van der Waals surface area contributed by atoms with E-state index >= 15 is 0 Å². The van der Waals surface area contributed by atoms with E-state index in [-0.39, 0.29) is 17.9 Å². The lowest BCUT2D eigenvalue weighted by atomic mass is 10.1. The molecule has 0 saturated carbocycles. The lowest BCUT2D eigenvalue weighted by Crippen LogP contribution is -2.43. The number of rotatable bonds is 5. The molecule has 1 N–H and O–H groups in total. The summed E-state index contributed by atoms with van der Waals surface area (Å²) >= 11 is 1.68. The first-order chi connectivity index (χ1) is 12.8. The van der Waals surface area contributed by atoms with Crippen LogP contribution in [0.25, 0.3) is 10.4 Å². The molecule has 0 unspecified atom stereocenters. The average Bonchev–Trinajstić information content (AvgIpc) is 3.03. The van der Waals surface area contributed by atoms with Gasteiger partial charge >= 0.3 is 0 Å². The molecular weight excluding hydrogens is 360 g/mol. The van der Waals surface area contributed by atoms with Crippen molar-refractivity contribution in [2.45, 2.75) is 47.2 Å². The van der Waals surface area contributed by atoms with E-state index in [4.69, 9.17) is 9.72 Å². The number of aromatic nitrogens is 2. The highest BCUT2D eigenvalue weighted by Gasteiger charge is 2.24. The monoisotopic (exact) mass is 388 g/mol. The molecule has 3 heterocycles. The van der Waals surface area contributed by atoms with E-state index in [0.29, 0.717) is 19.8 Å². The van der Waals surface area contributed by atoms with E-state index in [1.807, 2.05) is 27.7 Å². The zero-order valence-corrected chi connectivity index (χ0v) is 17.5. The van der Waals surface area contributed by atoms with Crippen LogP contribution < -0.4 is 10.2 Å². The molecule has 2 aromatic rings. The zero-order chi connectivity index (χ0) is 19.6. The summed E-state index contributed by atoms with van der Waals surface area (Å²) in [7, 11) is 0. The van der Waals surface area contributed by atoms with Crippen LogP contribution in [0, 0.1) is 19.8 Å². The highest BCUT2D eigenvalue weighted by molar-refractivity contribution is 7.19. The third-order valence-corrected chi connectivity index (χ3v) is 5.78. The van der Waals surface area contributed by atoms with Crippen LogP contribution in [0.2, 0.25) is 0 Å². The summed E-state index contributed by atoms with van der Waals surface area (Å²) in [6, 6.07) is 4.46. The number of morpholine rings is 1. The summed E-state index contributed by atoms with van der Waals surface area (Å²) in [5.41, 5.74) is 3.99. The van der Waals surface area contributed by atoms with Crippen LogP contribution in [0.4, 0.5) is 5.13 Å². The van der Waals surface area contributed by atoms with Crippen molar-refractivity contribution in [1.82, 2.24) is 15.3 Å². The molecule has 1 fully saturated rings. The van der Waals surface area contributed by atoms with Crippen molar-refractivity contribution in [3.8, 4) is 10.4 Å². The van der Waals surface area contributed by atoms with Crippen LogP contribution in [0.1, 0.15) is 37.9 Å². The highest BCUT2D eigenvalue weighted by atomic mass is 32.1. The van der Waals surface area contributed by atoms with Crippen molar-refractivity contribution < 1.29 is 9.53 Å². The minimum Gasteiger partial charge on any atom is -0.377 e. The summed E-state index contributed by atoms with van der Waals surface area (Å²) in [4.78, 5) is 24.8. The normalized spacial score (nSPS) is 17.4. The van der Waals surface area contributed by atoms with Crippen molar-refractivity contribution in [2.24, 2.45) is 5.92 Å². The fourth-order valence-electron chi connectivity index (χ4n) is 3.16. The van der Waals surface area contributed by atoms with Crippen molar-refractivity contribution in [3.05, 3.63) is 29.2 Å². The highest BCUT2D eigenvalue weighted by Crippen LogP contribution is 2.36. The van der Waals surface area contributed by atoms with Gasteiger partial charge in [0, 0.05) is 23.9 Å². The molecule has 0 spiro atoms. The third kappa shape index (κ3) is 4.65. The number of anilines is 1. The van der Waals surface area contributed by atoms with Gasteiger partial charge in [-0.25, -0.2) is 4.98 Å². The third-order valence-electron chi connectivity index (χ3n) is 4.60. The second-order valence-corrected chi connectivity index (χ2v) is 8.38. The Morgan fingerprint density at radius 1 is 1.33 bits per heavy atom. The number of nitrogens with zero attached hydrogens (tertiary/aromatic N) is 3. The number of nitrogens with one attached hydrogen (secondary N) is 1. The Kier molecular flexibility index (Phi) is 6.11. The van der Waals surface area contributed by atoms with Crippen LogP contribution in [0.3, 0.4) is 0 Å². The van der Waals surface area contributed by atoms with Gasteiger partial charge in [0.25, 0.3) is 0 Å². The number of carbonyl (C=O) groups is 1. The Hall–Kier alpha value is -1.99. The maximum Gasteiger partial charge on any atom is 0.222 e. The number of aryl methyl sites for hydroxylation is 2. The molecule has 0 radical (unpaired) electrons. The van der Waals surface area contributed by atoms with E-state index in [1.54, 1.807) is 11.3 Å². The molecule has 0 aromatic carbocycles. The molecule has 1 saturated heterocycles. The maximum absolute atomic E-state index is 12.1. The smallest absolute Gasteiger partial charge is 0.222 e. The SMILES string of the molecule is Cc1cc(-c2sc(N3CCOC[C@@H]3C)nc2CNC(=O)C(C)C)cc(C)n1. The number of pyridine rings is 1. The molecule has 146 valence electrons. The topological polar surface area (TPSA) is 67.3 Å². The van der Waals surface area contributed by atoms with Gasteiger partial charge in [-0.05, 0) is 38.5 Å². The van der Waals surface area contributed by atoms with Crippen LogP contribution in [-0.2, 0) is 16.1 Å². The maximum atomic E-state index is 12.1. The largest absolute Gasteiger partial charge is 0.377 e. The lowest BCUT2D eigenvalue weighted by Gasteiger charge is -2.32. The van der Waals surface area contributed by atoms with Crippen molar-refractivity contribution in [2.75, 3.05) is 24.7 Å². The van der Waals surface area contributed by atoms with Crippen molar-refractivity contribution in [3.63, 3.8) is 0 Å². The average molecular weight is 389 g/mol. The van der Waals surface area contributed by atoms with Gasteiger partial charge in [-0.3, -0.25) is 9.78 Å². The van der Waals surface area contributed by atoms with E-state index in [2.05, 4.69) is 34.3 Å². The minimum atomic E-state index is -0.0452. The Morgan fingerprint density at radius 3 is 2.67 bits per heavy atom. The van der Waals surface area contributed by atoms with E-state index in [9.17, 15) is 4.79 Å². The second-order valence-electron chi connectivity index (χ2n) is 7.40. The Labute approximate surface area is 165 Å². The summed E-state index contributed by atoms with van der Waals surface area (Å²) < 4.78 is 5.56. The van der Waals surface area contributed by atoms with Crippen molar-refractivity contribution in [1.29, 1.82) is 0 Å². The minimum absolute atomic E-state index is 0.0392. The lowest BCUT2D eigenvalue weighted by molar-refractivity contribution is -0.124. The predicted molar refractivity (Wildman–Crippen MR) is 109 cm³/mol. The van der Waals surface area contributed by atoms with Crippen LogP contribution in [0.15, 0.2) is 12.1 Å². The Balaban J connectivity index is 1.96. The first-order valence-electron chi connectivity index (χ1n) is 9.42. The molecule has 0 bridgehead atoms. The number of hydrogen-bond acceptors (Lipinski definition) is 6. The molecule has 3 rings (SSSR count). The van der Waals surface area contributed by atoms with Crippen LogP contribution in [-0.4, -0.2) is 41.7 Å². The van der Waals surface area contributed by atoms with E-state index < -0.39 is 0 Å². The van der Waals surface area contributed by atoms with Gasteiger partial charge < -0.3 is 15.0 Å². The molecule has 1 aliphatic rings. The molecule has 1 atom stereocenters. The zero-order valence-electron chi connectivity index (χ0n) is 16.7. The Bertz CT molecular complexity index is 798. The molecule has 0 aliphatic carbocycles. The Morgan fingerprint density at radius 2 is 2.04 bits per heavy atom. The number of thiazole rings is 1. The van der Waals surface area contributed by atoms with Gasteiger partial charge in [0.15, 0.2) is 5.13 Å². The van der Waals surface area contributed by atoms with E-state index in [0.717, 1.165) is 39.2 Å². The molecule has 27 heavy (non-hydrogen) atoms. The van der Waals surface area contributed by atoms with Gasteiger partial charge in [-0.1, -0.05) is 25.2 Å². The summed E-state index contributed by atoms with van der Waals surface area (Å²) in [6.45, 7) is 12.6. The van der Waals surface area contributed by atoms with Gasteiger partial charge in [0.05, 0.1) is 36.4 Å². The fourth-order valence-corrected chi connectivity index (χ4v) is 4.36. The summed E-state index contributed by atoms with van der Waals surface area (Å²) in [5.74, 6) is -0.00596. The molecule has 6 nitrogen and oxygen atoms in total. The molecule has 7 heteroatoms. The summed E-state index contributed by atoms with van der Waals surface area (Å²) in [6.07, 6.45) is 0. The first-order valence-corrected chi connectivity index (χ1v) is 10.2. The van der Waals surface area contributed by atoms with Gasteiger partial charge in [0.1, 0.15) is 0 Å². The first kappa shape index (κ1) is 19.8. The van der Waals surface area contributed by atoms with Crippen LogP contribution >= 0.6 is 11.3 Å². The number of carbonyl (C=O) groups excluding carboxylic acids is 1. The van der Waals surface area contributed by atoms with Gasteiger partial charge in [-0.2, -0.15) is 0 Å². The standard InChI is InChI=1S/C20H28N4O2S/c1-12(2)19(25)21-10-17-18(16-8-13(3)22-14(4)9-16)27-20(23-17)24-6-7-26-11-15(24)5/h8-9,12,15H,6-7,10-11H2,1-5H3,(H,21,25)/t15-/m0/s1. The predicted octanol–water partition coefficient (Wildman–Crippen LogP) is 3.32. The number of hydrogen-bond donors (Lipinski definition) is 1. The molecule has 2 aromatic heterocycles. The van der Waals surface area contributed by atoms with Gasteiger partial charge in [-0.15, -0.1) is 0 Å². The molecular formula is C20H28N4O2S. The summed E-state index contributed by atoms with van der Waals surface area (Å²) in [5, 5.41) is 4.00. The second kappa shape index (κ2) is 8.35.